The number of rotatable bonds is 9. The normalized spacial score (nSPS) is 8.91. The molecule has 0 saturated heterocycles. The third-order valence-electron chi connectivity index (χ3n) is 2.44. The Kier molecular flexibility index (Phi) is 23.4. The van der Waals surface area contributed by atoms with Crippen LogP contribution in [0.3, 0.4) is 0 Å². The molecule has 0 aromatic heterocycles. The molecule has 0 aromatic rings. The van der Waals surface area contributed by atoms with Crippen LogP contribution in [0.5, 0.6) is 0 Å². The molecule has 0 heterocycles. The molecule has 0 N–H and O–H groups in total. The summed E-state index contributed by atoms with van der Waals surface area (Å²) in [7, 11) is 0. The molecular weight excluding hydrogens is 308 g/mol. The van der Waals surface area contributed by atoms with Crippen molar-refractivity contribution >= 4 is 29.0 Å². The fourth-order valence-electron chi connectivity index (χ4n) is 1.54. The zero-order chi connectivity index (χ0) is 16.5. The van der Waals surface area contributed by atoms with Crippen LogP contribution in [-0.4, -0.2) is 24.0 Å². The molecule has 0 aliphatic rings. The number of ether oxygens (including phenoxy) is 2. The Labute approximate surface area is 139 Å². The number of hydrogen-bond donors (Lipinski definition) is 0. The zero-order valence-electron chi connectivity index (χ0n) is 13.3. The lowest BCUT2D eigenvalue weighted by Crippen LogP contribution is -2.11. The summed E-state index contributed by atoms with van der Waals surface area (Å²) >= 11 is 4.64. The van der Waals surface area contributed by atoms with Gasteiger partial charge in [0.2, 0.25) is 5.24 Å². The van der Waals surface area contributed by atoms with Crippen molar-refractivity contribution in [1.29, 1.82) is 0 Å². The van der Waals surface area contributed by atoms with E-state index in [0.717, 1.165) is 12.8 Å². The number of carbonyl (C=O) groups is 3. The van der Waals surface area contributed by atoms with E-state index >= 15 is 0 Å². The second-order valence-electron chi connectivity index (χ2n) is 4.64. The first-order valence-corrected chi connectivity index (χ1v) is 7.79. The first kappa shape index (κ1) is 25.8. The molecule has 0 spiro atoms. The highest BCUT2D eigenvalue weighted by atomic mass is 35.5. The Balaban J connectivity index is -0.000000640. The Bertz CT molecular complexity index is 288. The minimum Gasteiger partial charge on any atom is -0.434 e. The van der Waals surface area contributed by atoms with E-state index < -0.39 is 12.1 Å². The van der Waals surface area contributed by atoms with Crippen LogP contribution >= 0.6 is 11.6 Å². The Hall–Kier alpha value is -1.10. The van der Waals surface area contributed by atoms with E-state index in [1.165, 1.54) is 52.4 Å². The molecule has 0 rings (SSSR count). The number of hydrogen-bond acceptors (Lipinski definition) is 5. The number of carbonyl (C=O) groups excluding carboxylic acids is 3. The fourth-order valence-corrected chi connectivity index (χ4v) is 1.54. The SMILES string of the molecule is C.CC(=O)Cl.CCCCCCCCCCOC(=O)OC(C)=O. The number of halogens is 1. The summed E-state index contributed by atoms with van der Waals surface area (Å²) in [6, 6.07) is 0. The number of esters is 1. The standard InChI is InChI=1S/C13H24O4.C2H3ClO.CH4/c1-3-4-5-6-7-8-9-10-11-16-13(15)17-12(2)14;1-2(3)4;/h3-11H2,1-2H3;1H3;1H4. The molecule has 0 unspecified atom stereocenters. The maximum Gasteiger partial charge on any atom is 0.516 e. The highest BCUT2D eigenvalue weighted by molar-refractivity contribution is 6.62. The van der Waals surface area contributed by atoms with Crippen molar-refractivity contribution in [3.8, 4) is 0 Å². The van der Waals surface area contributed by atoms with Crippen LogP contribution in [0.15, 0.2) is 0 Å². The van der Waals surface area contributed by atoms with Gasteiger partial charge in [-0.1, -0.05) is 59.3 Å². The van der Waals surface area contributed by atoms with Gasteiger partial charge in [-0.15, -0.1) is 0 Å². The second-order valence-corrected chi connectivity index (χ2v) is 5.17. The quantitative estimate of drug-likeness (QED) is 0.249. The Morgan fingerprint density at radius 2 is 1.27 bits per heavy atom. The topological polar surface area (TPSA) is 69.7 Å². The van der Waals surface area contributed by atoms with Crippen LogP contribution in [0.25, 0.3) is 0 Å². The molecule has 22 heavy (non-hydrogen) atoms. The maximum atomic E-state index is 10.8. The van der Waals surface area contributed by atoms with Gasteiger partial charge in [0.25, 0.3) is 0 Å². The van der Waals surface area contributed by atoms with Crippen LogP contribution in [0, 0.1) is 0 Å². The summed E-state index contributed by atoms with van der Waals surface area (Å²) in [5.41, 5.74) is 0. The van der Waals surface area contributed by atoms with Gasteiger partial charge in [0.05, 0.1) is 6.61 Å². The van der Waals surface area contributed by atoms with E-state index in [-0.39, 0.29) is 12.7 Å². The van der Waals surface area contributed by atoms with Crippen molar-refractivity contribution in [3.05, 3.63) is 0 Å². The lowest BCUT2D eigenvalue weighted by molar-refractivity contribution is -0.137. The lowest BCUT2D eigenvalue weighted by atomic mass is 10.1. The third-order valence-corrected chi connectivity index (χ3v) is 2.44. The van der Waals surface area contributed by atoms with Gasteiger partial charge < -0.3 is 9.47 Å². The summed E-state index contributed by atoms with van der Waals surface area (Å²) in [4.78, 5) is 30.4. The van der Waals surface area contributed by atoms with Crippen LogP contribution in [0.4, 0.5) is 4.79 Å². The molecule has 0 atom stereocenters. The molecule has 0 aliphatic carbocycles. The van der Waals surface area contributed by atoms with E-state index in [0.29, 0.717) is 6.61 Å². The molecule has 5 nitrogen and oxygen atoms in total. The fraction of sp³-hybridized carbons (Fsp3) is 0.812. The van der Waals surface area contributed by atoms with Crippen molar-refractivity contribution < 1.29 is 23.9 Å². The highest BCUT2D eigenvalue weighted by Gasteiger charge is 2.05. The summed E-state index contributed by atoms with van der Waals surface area (Å²) in [6.45, 7) is 5.01. The Morgan fingerprint density at radius 3 is 1.68 bits per heavy atom. The highest BCUT2D eigenvalue weighted by Crippen LogP contribution is 2.08. The average molecular weight is 339 g/mol. The van der Waals surface area contributed by atoms with E-state index in [2.05, 4.69) is 23.3 Å². The van der Waals surface area contributed by atoms with Crippen molar-refractivity contribution in [2.45, 2.75) is 79.6 Å². The molecule has 0 bridgehead atoms. The largest absolute Gasteiger partial charge is 0.516 e. The summed E-state index contributed by atoms with van der Waals surface area (Å²) < 4.78 is 8.94. The van der Waals surface area contributed by atoms with Gasteiger partial charge >= 0.3 is 12.1 Å². The van der Waals surface area contributed by atoms with Gasteiger partial charge in [-0.05, 0) is 18.0 Å². The third kappa shape index (κ3) is 31.3. The minimum atomic E-state index is -0.888. The number of unbranched alkanes of at least 4 members (excludes halogenated alkanes) is 7. The van der Waals surface area contributed by atoms with Gasteiger partial charge in [-0.3, -0.25) is 9.59 Å². The Morgan fingerprint density at radius 1 is 0.864 bits per heavy atom. The first-order valence-electron chi connectivity index (χ1n) is 7.41. The van der Waals surface area contributed by atoms with E-state index in [1.54, 1.807) is 0 Å². The van der Waals surface area contributed by atoms with Gasteiger partial charge in [-0.2, -0.15) is 0 Å². The molecule has 0 aromatic carbocycles. The predicted molar refractivity (Wildman–Crippen MR) is 89.0 cm³/mol. The molecule has 0 amide bonds. The van der Waals surface area contributed by atoms with Crippen LogP contribution < -0.4 is 0 Å². The molecule has 132 valence electrons. The van der Waals surface area contributed by atoms with Gasteiger partial charge in [0.1, 0.15) is 0 Å². The summed E-state index contributed by atoms with van der Waals surface area (Å²) in [5.74, 6) is -0.633. The van der Waals surface area contributed by atoms with E-state index in [9.17, 15) is 14.4 Å². The van der Waals surface area contributed by atoms with Crippen LogP contribution in [-0.2, 0) is 19.1 Å². The molecule has 6 heteroatoms. The lowest BCUT2D eigenvalue weighted by Gasteiger charge is -2.03. The zero-order valence-corrected chi connectivity index (χ0v) is 14.0. The molecular formula is C16H31ClO5. The molecule has 0 fully saturated rings. The smallest absolute Gasteiger partial charge is 0.434 e. The van der Waals surface area contributed by atoms with E-state index in [4.69, 9.17) is 4.74 Å². The average Bonchev–Trinajstić information content (AvgIpc) is 2.35. The van der Waals surface area contributed by atoms with Crippen molar-refractivity contribution in [2.24, 2.45) is 0 Å². The van der Waals surface area contributed by atoms with Crippen molar-refractivity contribution in [2.75, 3.05) is 6.61 Å². The van der Waals surface area contributed by atoms with Gasteiger partial charge in [0, 0.05) is 13.8 Å². The van der Waals surface area contributed by atoms with Gasteiger partial charge in [0.15, 0.2) is 0 Å². The first-order chi connectivity index (χ1) is 9.90. The minimum absolute atomic E-state index is 0. The summed E-state index contributed by atoms with van der Waals surface area (Å²) in [6.07, 6.45) is 8.62. The monoisotopic (exact) mass is 338 g/mol. The van der Waals surface area contributed by atoms with Crippen molar-refractivity contribution in [3.63, 3.8) is 0 Å². The van der Waals surface area contributed by atoms with Gasteiger partial charge in [-0.25, -0.2) is 4.79 Å². The molecule has 0 aliphatic heterocycles. The molecule has 0 saturated carbocycles. The second kappa shape index (κ2) is 19.9. The van der Waals surface area contributed by atoms with Crippen LogP contribution in [0.1, 0.15) is 79.6 Å². The maximum absolute atomic E-state index is 10.8. The van der Waals surface area contributed by atoms with Crippen LogP contribution in [0.2, 0.25) is 0 Å². The predicted octanol–water partition coefficient (Wildman–Crippen LogP) is 5.23. The summed E-state index contributed by atoms with van der Waals surface area (Å²) in [5, 5.41) is -0.361. The van der Waals surface area contributed by atoms with E-state index in [1.807, 2.05) is 0 Å². The van der Waals surface area contributed by atoms with Crippen molar-refractivity contribution in [1.82, 2.24) is 0 Å². The molecule has 0 radical (unpaired) electrons.